The van der Waals surface area contributed by atoms with Gasteiger partial charge in [-0.25, -0.2) is 0 Å². The van der Waals surface area contributed by atoms with Gasteiger partial charge in [-0.1, -0.05) is 49.6 Å². The molecule has 1 N–H and O–H groups in total. The van der Waals surface area contributed by atoms with Crippen LogP contribution in [0.15, 0.2) is 36.4 Å². The number of amides is 1. The monoisotopic (exact) mass is 353 g/mol. The lowest BCUT2D eigenvalue weighted by Crippen LogP contribution is -2.21. The van der Waals surface area contributed by atoms with Gasteiger partial charge >= 0.3 is 0 Å². The highest BCUT2D eigenvalue weighted by atomic mass is 32.1. The number of hydrogen-bond acceptors (Lipinski definition) is 3. The second-order valence-electron chi connectivity index (χ2n) is 6.82. The molecule has 25 heavy (non-hydrogen) atoms. The molecule has 1 aliphatic carbocycles. The van der Waals surface area contributed by atoms with E-state index < -0.39 is 0 Å². The first-order valence-electron chi connectivity index (χ1n) is 9.03. The summed E-state index contributed by atoms with van der Waals surface area (Å²) in [4.78, 5) is 14.5. The summed E-state index contributed by atoms with van der Waals surface area (Å²) in [5, 5.41) is 8.91. The topological polar surface area (TPSA) is 46.9 Å². The Labute approximate surface area is 151 Å². The van der Waals surface area contributed by atoms with Crippen molar-refractivity contribution in [1.29, 1.82) is 0 Å². The Morgan fingerprint density at radius 3 is 2.76 bits per heavy atom. The van der Waals surface area contributed by atoms with E-state index in [1.54, 1.807) is 11.3 Å². The quantitative estimate of drug-likeness (QED) is 0.729. The van der Waals surface area contributed by atoms with Crippen molar-refractivity contribution in [3.8, 4) is 0 Å². The predicted octanol–water partition coefficient (Wildman–Crippen LogP) is 4.84. The summed E-state index contributed by atoms with van der Waals surface area (Å²) in [5.41, 5.74) is 2.14. The number of aromatic nitrogens is 2. The summed E-state index contributed by atoms with van der Waals surface area (Å²) in [6.07, 6.45) is 6.28. The highest BCUT2D eigenvalue weighted by Gasteiger charge is 2.22. The SMILES string of the molecule is Cc1nn(C2CCCCC2)c2sc(C(=O)NCc3ccccc3)cc12. The molecule has 0 bridgehead atoms. The van der Waals surface area contributed by atoms with Crippen molar-refractivity contribution in [1.82, 2.24) is 15.1 Å². The van der Waals surface area contributed by atoms with E-state index in [0.717, 1.165) is 26.4 Å². The maximum Gasteiger partial charge on any atom is 0.261 e. The van der Waals surface area contributed by atoms with Crippen molar-refractivity contribution >= 4 is 27.5 Å². The molecule has 5 heteroatoms. The van der Waals surface area contributed by atoms with Gasteiger partial charge in [0.1, 0.15) is 4.83 Å². The minimum Gasteiger partial charge on any atom is -0.347 e. The summed E-state index contributed by atoms with van der Waals surface area (Å²) in [6.45, 7) is 2.60. The van der Waals surface area contributed by atoms with Gasteiger partial charge in [-0.3, -0.25) is 9.48 Å². The first kappa shape index (κ1) is 16.3. The molecule has 130 valence electrons. The number of benzene rings is 1. The molecule has 4 rings (SSSR count). The van der Waals surface area contributed by atoms with E-state index in [0.29, 0.717) is 12.6 Å². The van der Waals surface area contributed by atoms with Crippen molar-refractivity contribution < 1.29 is 4.79 Å². The Morgan fingerprint density at radius 1 is 1.24 bits per heavy atom. The van der Waals surface area contributed by atoms with Crippen LogP contribution in [0.1, 0.15) is 59.1 Å². The Hall–Kier alpha value is -2.14. The van der Waals surface area contributed by atoms with Crippen LogP contribution in [0.3, 0.4) is 0 Å². The molecular formula is C20H23N3OS. The fourth-order valence-electron chi connectivity index (χ4n) is 3.62. The molecule has 3 aromatic rings. The van der Waals surface area contributed by atoms with Crippen LogP contribution in [0.5, 0.6) is 0 Å². The number of aryl methyl sites for hydroxylation is 1. The lowest BCUT2D eigenvalue weighted by molar-refractivity contribution is 0.0955. The Balaban J connectivity index is 1.55. The third-order valence-corrected chi connectivity index (χ3v) is 6.13. The van der Waals surface area contributed by atoms with E-state index in [-0.39, 0.29) is 5.91 Å². The van der Waals surface area contributed by atoms with Crippen LogP contribution in [0.25, 0.3) is 10.2 Å². The number of carbonyl (C=O) groups excluding carboxylic acids is 1. The van der Waals surface area contributed by atoms with Crippen LogP contribution >= 0.6 is 11.3 Å². The summed E-state index contributed by atoms with van der Waals surface area (Å²) in [7, 11) is 0. The third kappa shape index (κ3) is 3.33. The number of hydrogen-bond donors (Lipinski definition) is 1. The van der Waals surface area contributed by atoms with E-state index in [4.69, 9.17) is 5.10 Å². The zero-order valence-electron chi connectivity index (χ0n) is 14.5. The highest BCUT2D eigenvalue weighted by molar-refractivity contribution is 7.20. The first-order valence-corrected chi connectivity index (χ1v) is 9.85. The maximum absolute atomic E-state index is 12.6. The molecule has 1 aromatic carbocycles. The van der Waals surface area contributed by atoms with Crippen molar-refractivity contribution in [3.63, 3.8) is 0 Å². The molecule has 1 saturated carbocycles. The number of nitrogens with one attached hydrogen (secondary N) is 1. The Morgan fingerprint density at radius 2 is 2.00 bits per heavy atom. The molecule has 0 spiro atoms. The van der Waals surface area contributed by atoms with Crippen molar-refractivity contribution in [2.75, 3.05) is 0 Å². The van der Waals surface area contributed by atoms with Crippen molar-refractivity contribution in [3.05, 3.63) is 52.5 Å². The van der Waals surface area contributed by atoms with E-state index in [9.17, 15) is 4.79 Å². The maximum atomic E-state index is 12.6. The number of carbonyl (C=O) groups is 1. The van der Waals surface area contributed by atoms with Gasteiger partial charge in [0, 0.05) is 11.9 Å². The van der Waals surface area contributed by atoms with Gasteiger partial charge in [0.15, 0.2) is 0 Å². The molecule has 0 unspecified atom stereocenters. The Bertz CT molecular complexity index is 875. The second kappa shape index (κ2) is 7.00. The number of nitrogens with zero attached hydrogens (tertiary/aromatic N) is 2. The summed E-state index contributed by atoms with van der Waals surface area (Å²) in [5.74, 6) is -0.000327. The zero-order valence-corrected chi connectivity index (χ0v) is 15.3. The minimum atomic E-state index is -0.000327. The number of thiophene rings is 1. The van der Waals surface area contributed by atoms with E-state index in [1.165, 1.54) is 32.1 Å². The van der Waals surface area contributed by atoms with Gasteiger partial charge in [-0.15, -0.1) is 11.3 Å². The predicted molar refractivity (Wildman–Crippen MR) is 102 cm³/mol. The van der Waals surface area contributed by atoms with Gasteiger partial charge < -0.3 is 5.32 Å². The fourth-order valence-corrected chi connectivity index (χ4v) is 4.77. The molecule has 0 aliphatic heterocycles. The average molecular weight is 353 g/mol. The van der Waals surface area contributed by atoms with Crippen LogP contribution < -0.4 is 5.32 Å². The zero-order chi connectivity index (χ0) is 17.2. The summed E-state index contributed by atoms with van der Waals surface area (Å²) >= 11 is 1.57. The minimum absolute atomic E-state index is 0.000327. The Kier molecular flexibility index (Phi) is 4.57. The van der Waals surface area contributed by atoms with Crippen LogP contribution in [0.4, 0.5) is 0 Å². The highest BCUT2D eigenvalue weighted by Crippen LogP contribution is 2.35. The molecular weight excluding hydrogens is 330 g/mol. The van der Waals surface area contributed by atoms with E-state index in [2.05, 4.69) is 10.00 Å². The smallest absolute Gasteiger partial charge is 0.261 e. The van der Waals surface area contributed by atoms with Gasteiger partial charge in [0.2, 0.25) is 0 Å². The molecule has 2 heterocycles. The standard InChI is InChI=1S/C20H23N3OS/c1-14-17-12-18(19(24)21-13-15-8-4-2-5-9-15)25-20(17)23(22-14)16-10-6-3-7-11-16/h2,4-5,8-9,12,16H,3,6-7,10-11,13H2,1H3,(H,21,24). The molecule has 0 saturated heterocycles. The van der Waals surface area contributed by atoms with E-state index >= 15 is 0 Å². The van der Waals surface area contributed by atoms with Crippen LogP contribution in [-0.2, 0) is 6.54 Å². The van der Waals surface area contributed by atoms with E-state index in [1.807, 2.05) is 43.3 Å². The van der Waals surface area contributed by atoms with Gasteiger partial charge in [-0.05, 0) is 31.4 Å². The molecule has 1 amide bonds. The summed E-state index contributed by atoms with van der Waals surface area (Å²) in [6, 6.07) is 12.5. The average Bonchev–Trinajstić information content (AvgIpc) is 3.22. The lowest BCUT2D eigenvalue weighted by atomic mass is 9.96. The van der Waals surface area contributed by atoms with Crippen molar-refractivity contribution in [2.24, 2.45) is 0 Å². The summed E-state index contributed by atoms with van der Waals surface area (Å²) < 4.78 is 2.18. The van der Waals surface area contributed by atoms with Crippen LogP contribution in [0.2, 0.25) is 0 Å². The fraction of sp³-hybridized carbons (Fsp3) is 0.400. The van der Waals surface area contributed by atoms with Gasteiger partial charge in [0.05, 0.1) is 16.6 Å². The second-order valence-corrected chi connectivity index (χ2v) is 7.85. The largest absolute Gasteiger partial charge is 0.347 e. The molecule has 0 radical (unpaired) electrons. The molecule has 1 aliphatic rings. The number of rotatable bonds is 4. The van der Waals surface area contributed by atoms with Gasteiger partial charge in [-0.2, -0.15) is 5.10 Å². The number of fused-ring (bicyclic) bond motifs is 1. The molecule has 2 aromatic heterocycles. The van der Waals surface area contributed by atoms with Crippen molar-refractivity contribution in [2.45, 2.75) is 51.6 Å². The van der Waals surface area contributed by atoms with Crippen LogP contribution in [0, 0.1) is 6.92 Å². The lowest BCUT2D eigenvalue weighted by Gasteiger charge is -2.22. The van der Waals surface area contributed by atoms with Crippen LogP contribution in [-0.4, -0.2) is 15.7 Å². The molecule has 1 fully saturated rings. The first-order chi connectivity index (χ1) is 12.2. The molecule has 4 nitrogen and oxygen atoms in total. The third-order valence-electron chi connectivity index (χ3n) is 5.01. The van der Waals surface area contributed by atoms with Gasteiger partial charge in [0.25, 0.3) is 5.91 Å². The normalized spacial score (nSPS) is 15.6. The molecule has 0 atom stereocenters.